The molecular weight excluding hydrogens is 195 g/mol. The van der Waals surface area contributed by atoms with E-state index in [1.54, 1.807) is 6.07 Å². The van der Waals surface area contributed by atoms with Crippen molar-refractivity contribution in [2.45, 2.75) is 26.2 Å². The summed E-state index contributed by atoms with van der Waals surface area (Å²) in [5.74, 6) is 0. The van der Waals surface area contributed by atoms with Crippen LogP contribution in [0.3, 0.4) is 0 Å². The van der Waals surface area contributed by atoms with Crippen molar-refractivity contribution in [1.82, 2.24) is 10.2 Å². The molecule has 0 fully saturated rings. The number of nitrogens with zero attached hydrogens (tertiary/aromatic N) is 2. The van der Waals surface area contributed by atoms with Crippen molar-refractivity contribution in [3.8, 4) is 0 Å². The molecule has 0 amide bonds. The molecule has 0 radical (unpaired) electrons. The van der Waals surface area contributed by atoms with Gasteiger partial charge < -0.3 is 0 Å². The molecule has 1 aromatic heterocycles. The summed E-state index contributed by atoms with van der Waals surface area (Å²) in [7, 11) is 0. The van der Waals surface area contributed by atoms with E-state index in [4.69, 9.17) is 23.2 Å². The van der Waals surface area contributed by atoms with Crippen LogP contribution in [0, 0.1) is 0 Å². The van der Waals surface area contributed by atoms with Gasteiger partial charge in [-0.05, 0) is 24.5 Å². The Morgan fingerprint density at radius 3 is 2.75 bits per heavy atom. The van der Waals surface area contributed by atoms with Crippen LogP contribution in [0.4, 0.5) is 0 Å². The summed E-state index contributed by atoms with van der Waals surface area (Å²) in [6, 6.07) is 1.77. The van der Waals surface area contributed by atoms with Crippen LogP contribution in [0.15, 0.2) is 6.07 Å². The van der Waals surface area contributed by atoms with Crippen LogP contribution in [0.1, 0.15) is 25.3 Å². The monoisotopic (exact) mass is 204 g/mol. The van der Waals surface area contributed by atoms with Gasteiger partial charge in [-0.25, -0.2) is 0 Å². The van der Waals surface area contributed by atoms with Crippen LogP contribution in [0.2, 0.25) is 10.3 Å². The topological polar surface area (TPSA) is 25.8 Å². The van der Waals surface area contributed by atoms with Gasteiger partial charge >= 0.3 is 0 Å². The van der Waals surface area contributed by atoms with Crippen molar-refractivity contribution in [2.75, 3.05) is 0 Å². The average molecular weight is 205 g/mol. The number of hydrogen-bond acceptors (Lipinski definition) is 2. The van der Waals surface area contributed by atoms with Gasteiger partial charge in [0, 0.05) is 0 Å². The van der Waals surface area contributed by atoms with E-state index in [2.05, 4.69) is 17.1 Å². The summed E-state index contributed by atoms with van der Waals surface area (Å²) in [6.45, 7) is 2.13. The molecule has 66 valence electrons. The molecule has 0 saturated heterocycles. The molecule has 4 heteroatoms. The highest BCUT2D eigenvalue weighted by atomic mass is 35.5. The largest absolute Gasteiger partial charge is 0.155 e. The molecule has 1 aromatic rings. The number of unbranched alkanes of at least 4 members (excludes halogenated alkanes) is 1. The minimum absolute atomic E-state index is 0.408. The first-order valence-corrected chi connectivity index (χ1v) is 4.67. The molecule has 12 heavy (non-hydrogen) atoms. The Labute approximate surface area is 81.9 Å². The standard InChI is InChI=1S/C8H10Cl2N2/c1-2-3-4-6-5-7(9)11-12-8(6)10/h5H,2-4H2,1H3. The zero-order valence-corrected chi connectivity index (χ0v) is 8.36. The lowest BCUT2D eigenvalue weighted by Crippen LogP contribution is -1.92. The second-order valence-corrected chi connectivity index (χ2v) is 3.33. The average Bonchev–Trinajstić information content (AvgIpc) is 2.07. The van der Waals surface area contributed by atoms with Crippen LogP contribution >= 0.6 is 23.2 Å². The van der Waals surface area contributed by atoms with E-state index in [9.17, 15) is 0 Å². The molecular formula is C8H10Cl2N2. The fourth-order valence-electron chi connectivity index (χ4n) is 0.931. The lowest BCUT2D eigenvalue weighted by molar-refractivity contribution is 0.787. The number of rotatable bonds is 3. The molecule has 0 aliphatic rings. The molecule has 0 N–H and O–H groups in total. The minimum Gasteiger partial charge on any atom is -0.137 e. The molecule has 0 unspecified atom stereocenters. The van der Waals surface area contributed by atoms with Crippen molar-refractivity contribution in [3.63, 3.8) is 0 Å². The molecule has 0 aliphatic carbocycles. The highest BCUT2D eigenvalue weighted by molar-refractivity contribution is 6.31. The van der Waals surface area contributed by atoms with Gasteiger partial charge in [0.1, 0.15) is 0 Å². The minimum atomic E-state index is 0.408. The molecule has 0 atom stereocenters. The Kier molecular flexibility index (Phi) is 3.76. The summed E-state index contributed by atoms with van der Waals surface area (Å²) in [5, 5.41) is 8.22. The maximum atomic E-state index is 5.80. The second-order valence-electron chi connectivity index (χ2n) is 2.59. The van der Waals surface area contributed by atoms with Crippen molar-refractivity contribution in [1.29, 1.82) is 0 Å². The number of aryl methyl sites for hydroxylation is 1. The van der Waals surface area contributed by atoms with Crippen molar-refractivity contribution in [3.05, 3.63) is 21.9 Å². The normalized spacial score (nSPS) is 10.2. The predicted octanol–water partition coefficient (Wildman–Crippen LogP) is 3.13. The smallest absolute Gasteiger partial charge is 0.137 e. The van der Waals surface area contributed by atoms with E-state index >= 15 is 0 Å². The third-order valence-corrected chi connectivity index (χ3v) is 2.09. The van der Waals surface area contributed by atoms with Gasteiger partial charge in [-0.15, -0.1) is 10.2 Å². The summed E-state index contributed by atoms with van der Waals surface area (Å²) in [5.41, 5.74) is 0.985. The van der Waals surface area contributed by atoms with Gasteiger partial charge in [0.05, 0.1) is 0 Å². The van der Waals surface area contributed by atoms with Gasteiger partial charge in [0.25, 0.3) is 0 Å². The van der Waals surface area contributed by atoms with E-state index in [1.165, 1.54) is 0 Å². The van der Waals surface area contributed by atoms with E-state index in [1.807, 2.05) is 0 Å². The number of halogens is 2. The fraction of sp³-hybridized carbons (Fsp3) is 0.500. The number of aromatic nitrogens is 2. The molecule has 0 saturated carbocycles. The Morgan fingerprint density at radius 1 is 1.33 bits per heavy atom. The predicted molar refractivity (Wildman–Crippen MR) is 50.7 cm³/mol. The van der Waals surface area contributed by atoms with Gasteiger partial charge in [-0.1, -0.05) is 36.5 Å². The molecule has 1 rings (SSSR count). The van der Waals surface area contributed by atoms with Gasteiger partial charge in [0.15, 0.2) is 10.3 Å². The lowest BCUT2D eigenvalue weighted by atomic mass is 10.1. The maximum Gasteiger partial charge on any atom is 0.155 e. The highest BCUT2D eigenvalue weighted by Gasteiger charge is 2.02. The van der Waals surface area contributed by atoms with E-state index in [0.29, 0.717) is 10.3 Å². The Hall–Kier alpha value is -0.340. The van der Waals surface area contributed by atoms with Gasteiger partial charge in [0.2, 0.25) is 0 Å². The molecule has 0 aromatic carbocycles. The first kappa shape index (κ1) is 9.75. The fourth-order valence-corrected chi connectivity index (χ4v) is 1.29. The SMILES string of the molecule is CCCCc1cc(Cl)nnc1Cl. The molecule has 0 bridgehead atoms. The first-order valence-electron chi connectivity index (χ1n) is 3.91. The zero-order valence-electron chi connectivity index (χ0n) is 6.85. The van der Waals surface area contributed by atoms with Crippen LogP contribution < -0.4 is 0 Å². The van der Waals surface area contributed by atoms with Crippen LogP contribution in [-0.2, 0) is 6.42 Å². The molecule has 0 aliphatic heterocycles. The number of hydrogen-bond donors (Lipinski definition) is 0. The van der Waals surface area contributed by atoms with Crippen molar-refractivity contribution >= 4 is 23.2 Å². The van der Waals surface area contributed by atoms with Crippen molar-refractivity contribution in [2.24, 2.45) is 0 Å². The quantitative estimate of drug-likeness (QED) is 0.757. The Morgan fingerprint density at radius 2 is 2.08 bits per heavy atom. The summed E-state index contributed by atoms with van der Waals surface area (Å²) in [4.78, 5) is 0. The summed E-state index contributed by atoms with van der Waals surface area (Å²) in [6.07, 6.45) is 3.16. The molecule has 0 spiro atoms. The third-order valence-electron chi connectivity index (χ3n) is 1.59. The summed E-state index contributed by atoms with van der Waals surface area (Å²) >= 11 is 11.5. The van der Waals surface area contributed by atoms with Crippen molar-refractivity contribution < 1.29 is 0 Å². The molecule has 2 nitrogen and oxygen atoms in total. The van der Waals surface area contributed by atoms with Gasteiger partial charge in [-0.2, -0.15) is 0 Å². The van der Waals surface area contributed by atoms with E-state index < -0.39 is 0 Å². The first-order chi connectivity index (χ1) is 5.74. The second kappa shape index (κ2) is 4.63. The third kappa shape index (κ3) is 2.61. The van der Waals surface area contributed by atoms with E-state index in [0.717, 1.165) is 24.8 Å². The van der Waals surface area contributed by atoms with Crippen LogP contribution in [0.25, 0.3) is 0 Å². The highest BCUT2D eigenvalue weighted by Crippen LogP contribution is 2.17. The Bertz CT molecular complexity index is 263. The lowest BCUT2D eigenvalue weighted by Gasteiger charge is -2.00. The van der Waals surface area contributed by atoms with E-state index in [-0.39, 0.29) is 0 Å². The van der Waals surface area contributed by atoms with Gasteiger partial charge in [-0.3, -0.25) is 0 Å². The van der Waals surface area contributed by atoms with Crippen LogP contribution in [-0.4, -0.2) is 10.2 Å². The zero-order chi connectivity index (χ0) is 8.97. The van der Waals surface area contributed by atoms with Crippen LogP contribution in [0.5, 0.6) is 0 Å². The Balaban J connectivity index is 2.75. The maximum absolute atomic E-state index is 5.80. The molecule has 1 heterocycles. The summed E-state index contributed by atoms with van der Waals surface area (Å²) < 4.78 is 0.